The van der Waals surface area contributed by atoms with Gasteiger partial charge in [0, 0.05) is 13.0 Å². The fraction of sp³-hybridized carbons (Fsp3) is 0.769. The predicted octanol–water partition coefficient (Wildman–Crippen LogP) is 0.607. The van der Waals surface area contributed by atoms with Crippen molar-refractivity contribution in [3.8, 4) is 0 Å². The summed E-state index contributed by atoms with van der Waals surface area (Å²) in [4.78, 5) is 15.6. The van der Waals surface area contributed by atoms with E-state index in [0.29, 0.717) is 43.9 Å². The van der Waals surface area contributed by atoms with Gasteiger partial charge in [-0.05, 0) is 31.6 Å². The molecule has 8 heteroatoms. The summed E-state index contributed by atoms with van der Waals surface area (Å²) in [6, 6.07) is 0. The van der Waals surface area contributed by atoms with Crippen molar-refractivity contribution in [3.05, 3.63) is 11.6 Å². The highest BCUT2D eigenvalue weighted by Crippen LogP contribution is 2.27. The van der Waals surface area contributed by atoms with Crippen molar-refractivity contribution >= 4 is 15.8 Å². The van der Waals surface area contributed by atoms with Gasteiger partial charge in [-0.25, -0.2) is 18.1 Å². The number of hydrogen-bond donors (Lipinski definition) is 1. The maximum atomic E-state index is 11.4. The van der Waals surface area contributed by atoms with Crippen molar-refractivity contribution < 1.29 is 18.3 Å². The number of carboxylic acids is 1. The Morgan fingerprint density at radius 1 is 1.29 bits per heavy atom. The van der Waals surface area contributed by atoms with Gasteiger partial charge in [0.25, 0.3) is 0 Å². The van der Waals surface area contributed by atoms with E-state index in [2.05, 4.69) is 10.1 Å². The topological polar surface area (TPSA) is 102 Å². The number of hydrogen-bond acceptors (Lipinski definition) is 5. The number of carbonyl (C=O) groups is 1. The lowest BCUT2D eigenvalue weighted by Crippen LogP contribution is -2.24. The average Bonchev–Trinajstić information content (AvgIpc) is 2.83. The summed E-state index contributed by atoms with van der Waals surface area (Å²) in [5, 5.41) is 13.6. The molecular weight excluding hydrogens is 294 g/mol. The van der Waals surface area contributed by atoms with E-state index in [1.807, 2.05) is 0 Å². The molecule has 116 valence electrons. The molecule has 3 rings (SSSR count). The molecule has 1 aromatic rings. The number of aromatic nitrogens is 3. The molecule has 3 heterocycles. The predicted molar refractivity (Wildman–Crippen MR) is 74.7 cm³/mol. The van der Waals surface area contributed by atoms with Crippen LogP contribution in [-0.2, 0) is 27.6 Å². The molecule has 1 saturated heterocycles. The zero-order valence-corrected chi connectivity index (χ0v) is 12.5. The van der Waals surface area contributed by atoms with Gasteiger partial charge in [0.05, 0.1) is 11.5 Å². The van der Waals surface area contributed by atoms with Crippen LogP contribution in [0.15, 0.2) is 0 Å². The van der Waals surface area contributed by atoms with Crippen LogP contribution in [-0.4, -0.2) is 45.8 Å². The molecule has 0 aliphatic carbocycles. The molecule has 2 aliphatic heterocycles. The minimum Gasteiger partial charge on any atom is -0.481 e. The molecule has 0 bridgehead atoms. The summed E-state index contributed by atoms with van der Waals surface area (Å²) in [6.07, 6.45) is 3.34. The summed E-state index contributed by atoms with van der Waals surface area (Å²) in [7, 11) is -2.85. The zero-order valence-electron chi connectivity index (χ0n) is 11.7. The zero-order chi connectivity index (χ0) is 15.0. The normalized spacial score (nSPS) is 25.4. The number of nitrogens with zero attached hydrogens (tertiary/aromatic N) is 3. The van der Waals surface area contributed by atoms with Crippen LogP contribution in [0.3, 0.4) is 0 Å². The van der Waals surface area contributed by atoms with Crippen LogP contribution in [0.2, 0.25) is 0 Å². The Morgan fingerprint density at radius 3 is 2.67 bits per heavy atom. The number of aryl methyl sites for hydroxylation is 1. The molecule has 1 fully saturated rings. The van der Waals surface area contributed by atoms with Gasteiger partial charge >= 0.3 is 5.97 Å². The molecule has 1 N–H and O–H groups in total. The Morgan fingerprint density at radius 2 is 2.00 bits per heavy atom. The van der Waals surface area contributed by atoms with Gasteiger partial charge in [-0.15, -0.1) is 0 Å². The van der Waals surface area contributed by atoms with Gasteiger partial charge in [-0.3, -0.25) is 4.79 Å². The van der Waals surface area contributed by atoms with E-state index in [0.717, 1.165) is 6.42 Å². The van der Waals surface area contributed by atoms with Crippen molar-refractivity contribution in [3.63, 3.8) is 0 Å². The van der Waals surface area contributed by atoms with Crippen LogP contribution in [0.4, 0.5) is 0 Å². The van der Waals surface area contributed by atoms with Crippen molar-refractivity contribution in [2.75, 3.05) is 11.5 Å². The second-order valence-electron chi connectivity index (χ2n) is 5.94. The van der Waals surface area contributed by atoms with E-state index in [9.17, 15) is 18.3 Å². The van der Waals surface area contributed by atoms with Crippen LogP contribution in [0.1, 0.15) is 43.3 Å². The van der Waals surface area contributed by atoms with Crippen molar-refractivity contribution in [2.45, 2.75) is 44.6 Å². The van der Waals surface area contributed by atoms with Gasteiger partial charge in [0.2, 0.25) is 0 Å². The summed E-state index contributed by atoms with van der Waals surface area (Å²) >= 11 is 0. The van der Waals surface area contributed by atoms with E-state index in [1.54, 1.807) is 4.68 Å². The quantitative estimate of drug-likeness (QED) is 0.877. The van der Waals surface area contributed by atoms with Gasteiger partial charge in [0.15, 0.2) is 5.82 Å². The smallest absolute Gasteiger partial charge is 0.314 e. The van der Waals surface area contributed by atoms with E-state index in [-0.39, 0.29) is 17.4 Å². The second-order valence-corrected chi connectivity index (χ2v) is 8.25. The van der Waals surface area contributed by atoms with E-state index in [1.165, 1.54) is 0 Å². The lowest BCUT2D eigenvalue weighted by molar-refractivity contribution is -0.139. The molecule has 0 amide bonds. The SMILES string of the molecule is O=C(O)C1CCCn2nc(CC3CCS(=O)(=O)CC3)nc21. The highest BCUT2D eigenvalue weighted by molar-refractivity contribution is 7.91. The molecule has 0 radical (unpaired) electrons. The van der Waals surface area contributed by atoms with E-state index < -0.39 is 21.7 Å². The molecule has 1 atom stereocenters. The van der Waals surface area contributed by atoms with Crippen LogP contribution in [0.5, 0.6) is 0 Å². The highest BCUT2D eigenvalue weighted by Gasteiger charge is 2.31. The lowest BCUT2D eigenvalue weighted by atomic mass is 9.98. The first-order valence-corrected chi connectivity index (χ1v) is 9.13. The molecule has 1 aromatic heterocycles. The number of rotatable bonds is 3. The molecule has 0 spiro atoms. The van der Waals surface area contributed by atoms with Crippen molar-refractivity contribution in [1.29, 1.82) is 0 Å². The maximum absolute atomic E-state index is 11.4. The van der Waals surface area contributed by atoms with Crippen LogP contribution >= 0.6 is 0 Å². The third-order valence-electron chi connectivity index (χ3n) is 4.36. The fourth-order valence-corrected chi connectivity index (χ4v) is 4.71. The van der Waals surface area contributed by atoms with Crippen LogP contribution in [0, 0.1) is 5.92 Å². The number of aliphatic carboxylic acids is 1. The molecule has 2 aliphatic rings. The van der Waals surface area contributed by atoms with E-state index in [4.69, 9.17) is 0 Å². The van der Waals surface area contributed by atoms with Gasteiger partial charge in [0.1, 0.15) is 21.6 Å². The summed E-state index contributed by atoms with van der Waals surface area (Å²) in [6.45, 7) is 0.713. The minimum absolute atomic E-state index is 0.239. The lowest BCUT2D eigenvalue weighted by Gasteiger charge is -2.20. The molecule has 7 nitrogen and oxygen atoms in total. The Kier molecular flexibility index (Phi) is 3.73. The first-order valence-electron chi connectivity index (χ1n) is 7.31. The van der Waals surface area contributed by atoms with Gasteiger partial charge in [-0.2, -0.15) is 5.10 Å². The molecular formula is C13H19N3O4S. The first-order chi connectivity index (χ1) is 9.94. The average molecular weight is 313 g/mol. The Bertz CT molecular complexity index is 638. The Labute approximate surface area is 123 Å². The summed E-state index contributed by atoms with van der Waals surface area (Å²) in [5.74, 6) is 0.549. The number of sulfone groups is 1. The van der Waals surface area contributed by atoms with Crippen LogP contribution in [0.25, 0.3) is 0 Å². The fourth-order valence-electron chi connectivity index (χ4n) is 3.12. The third kappa shape index (κ3) is 3.09. The largest absolute Gasteiger partial charge is 0.481 e. The minimum atomic E-state index is -2.85. The van der Waals surface area contributed by atoms with Gasteiger partial charge < -0.3 is 5.11 Å². The van der Waals surface area contributed by atoms with Crippen LogP contribution < -0.4 is 0 Å². The van der Waals surface area contributed by atoms with Crippen molar-refractivity contribution in [2.24, 2.45) is 5.92 Å². The summed E-state index contributed by atoms with van der Waals surface area (Å²) in [5.41, 5.74) is 0. The molecule has 21 heavy (non-hydrogen) atoms. The first kappa shape index (κ1) is 14.5. The molecule has 1 unspecified atom stereocenters. The highest BCUT2D eigenvalue weighted by atomic mass is 32.2. The number of fused-ring (bicyclic) bond motifs is 1. The second kappa shape index (κ2) is 5.40. The third-order valence-corrected chi connectivity index (χ3v) is 6.08. The van der Waals surface area contributed by atoms with Gasteiger partial charge in [-0.1, -0.05) is 0 Å². The Hall–Kier alpha value is -1.44. The standard InChI is InChI=1S/C13H19N3O4S/c17-13(18)10-2-1-5-16-12(10)14-11(15-16)8-9-3-6-21(19,20)7-4-9/h9-10H,1-8H2,(H,17,18). The molecule has 0 aromatic carbocycles. The maximum Gasteiger partial charge on any atom is 0.314 e. The number of carboxylic acid groups (broad SMARTS) is 1. The summed E-state index contributed by atoms with van der Waals surface area (Å²) < 4.78 is 24.6. The Balaban J connectivity index is 1.72. The molecule has 0 saturated carbocycles. The van der Waals surface area contributed by atoms with Crippen molar-refractivity contribution in [1.82, 2.24) is 14.8 Å². The van der Waals surface area contributed by atoms with E-state index >= 15 is 0 Å². The monoisotopic (exact) mass is 313 g/mol.